The quantitative estimate of drug-likeness (QED) is 0.870. The lowest BCUT2D eigenvalue weighted by atomic mass is 9.93. The van der Waals surface area contributed by atoms with Crippen molar-refractivity contribution in [1.29, 1.82) is 0 Å². The Hall–Kier alpha value is -1.66. The van der Waals surface area contributed by atoms with Crippen molar-refractivity contribution in [3.8, 4) is 5.75 Å². The van der Waals surface area contributed by atoms with Crippen LogP contribution in [0.5, 0.6) is 5.75 Å². The smallest absolute Gasteiger partial charge is 0.325 e. The molecule has 0 amide bonds. The Bertz CT molecular complexity index is 597. The van der Waals surface area contributed by atoms with Crippen molar-refractivity contribution in [1.82, 2.24) is 4.90 Å². The lowest BCUT2D eigenvalue weighted by molar-refractivity contribution is -0.143. The molecule has 6 heteroatoms. The lowest BCUT2D eigenvalue weighted by Crippen LogP contribution is -2.33. The predicted molar refractivity (Wildman–Crippen MR) is 83.9 cm³/mol. The molecule has 23 heavy (non-hydrogen) atoms. The van der Waals surface area contributed by atoms with Crippen LogP contribution in [0.2, 0.25) is 0 Å². The molecule has 128 valence electrons. The molecule has 2 atom stereocenters. The fourth-order valence-electron chi connectivity index (χ4n) is 3.08. The minimum atomic E-state index is -1.27. The van der Waals surface area contributed by atoms with Crippen molar-refractivity contribution in [2.75, 3.05) is 20.2 Å². The molecular weight excluding hydrogens is 301 g/mol. The standard InChI is InChI=1S/C17H24FNO4/c1-10-5-6-19(9-10)14(16(20)21)12-7-11(17(2,3)22)8-13(18)15(12)23-4/h7-8,10,14,22H,5-6,9H2,1-4H3,(H,20,21). The van der Waals surface area contributed by atoms with E-state index in [0.29, 0.717) is 24.6 Å². The number of aliphatic carboxylic acids is 1. The van der Waals surface area contributed by atoms with Crippen LogP contribution in [0.3, 0.4) is 0 Å². The van der Waals surface area contributed by atoms with Crippen molar-refractivity contribution in [2.45, 2.75) is 38.8 Å². The normalized spacial score (nSPS) is 20.5. The number of carbonyl (C=O) groups is 1. The maximum absolute atomic E-state index is 14.4. The minimum absolute atomic E-state index is 0.0787. The summed E-state index contributed by atoms with van der Waals surface area (Å²) in [5.41, 5.74) is -0.709. The monoisotopic (exact) mass is 325 g/mol. The van der Waals surface area contributed by atoms with Gasteiger partial charge in [-0.05, 0) is 50.4 Å². The van der Waals surface area contributed by atoms with Gasteiger partial charge in [-0.2, -0.15) is 0 Å². The summed E-state index contributed by atoms with van der Waals surface area (Å²) in [4.78, 5) is 13.7. The summed E-state index contributed by atoms with van der Waals surface area (Å²) in [7, 11) is 1.32. The van der Waals surface area contributed by atoms with Gasteiger partial charge in [0, 0.05) is 12.1 Å². The number of hydrogen-bond donors (Lipinski definition) is 2. The molecule has 1 fully saturated rings. The van der Waals surface area contributed by atoms with Crippen LogP contribution in [-0.2, 0) is 10.4 Å². The number of carboxylic acids is 1. The SMILES string of the molecule is COc1c(F)cc(C(C)(C)O)cc1C(C(=O)O)N1CCC(C)C1. The molecule has 2 rings (SSSR count). The third-order valence-corrected chi connectivity index (χ3v) is 4.33. The number of likely N-dealkylation sites (tertiary alicyclic amines) is 1. The van der Waals surface area contributed by atoms with Crippen LogP contribution in [0.15, 0.2) is 12.1 Å². The molecule has 0 aliphatic carbocycles. The average Bonchev–Trinajstić information content (AvgIpc) is 2.83. The van der Waals surface area contributed by atoms with E-state index in [9.17, 15) is 19.4 Å². The first-order chi connectivity index (χ1) is 10.6. The van der Waals surface area contributed by atoms with Crippen molar-refractivity contribution >= 4 is 5.97 Å². The maximum Gasteiger partial charge on any atom is 0.325 e. The maximum atomic E-state index is 14.4. The highest BCUT2D eigenvalue weighted by Gasteiger charge is 2.36. The van der Waals surface area contributed by atoms with Crippen molar-refractivity contribution < 1.29 is 24.1 Å². The van der Waals surface area contributed by atoms with E-state index in [1.807, 2.05) is 4.90 Å². The van der Waals surface area contributed by atoms with E-state index in [0.717, 1.165) is 6.42 Å². The van der Waals surface area contributed by atoms with Gasteiger partial charge < -0.3 is 14.9 Å². The van der Waals surface area contributed by atoms with Gasteiger partial charge in [0.05, 0.1) is 12.7 Å². The second kappa shape index (κ2) is 6.45. The van der Waals surface area contributed by atoms with E-state index >= 15 is 0 Å². The van der Waals surface area contributed by atoms with Gasteiger partial charge in [0.25, 0.3) is 0 Å². The van der Waals surface area contributed by atoms with Gasteiger partial charge in [-0.3, -0.25) is 9.69 Å². The molecule has 0 aromatic heterocycles. The largest absolute Gasteiger partial charge is 0.493 e. The molecule has 0 spiro atoms. The van der Waals surface area contributed by atoms with E-state index in [-0.39, 0.29) is 11.3 Å². The molecule has 2 unspecified atom stereocenters. The van der Waals surface area contributed by atoms with Gasteiger partial charge in [-0.15, -0.1) is 0 Å². The van der Waals surface area contributed by atoms with Crippen molar-refractivity contribution in [3.05, 3.63) is 29.1 Å². The number of ether oxygens (including phenoxy) is 1. The Kier molecular flexibility index (Phi) is 4.96. The molecule has 1 aromatic carbocycles. The number of carboxylic acid groups (broad SMARTS) is 1. The van der Waals surface area contributed by atoms with Crippen LogP contribution < -0.4 is 4.74 Å². The zero-order valence-electron chi connectivity index (χ0n) is 14.0. The molecule has 2 N–H and O–H groups in total. The Labute approximate surface area is 135 Å². The number of rotatable bonds is 5. The van der Waals surface area contributed by atoms with Crippen LogP contribution in [0.25, 0.3) is 0 Å². The first-order valence-electron chi connectivity index (χ1n) is 7.72. The number of methoxy groups -OCH3 is 1. The molecule has 1 aliphatic heterocycles. The van der Waals surface area contributed by atoms with E-state index in [4.69, 9.17) is 4.74 Å². The van der Waals surface area contributed by atoms with E-state index < -0.39 is 23.4 Å². The van der Waals surface area contributed by atoms with E-state index in [2.05, 4.69) is 6.92 Å². The average molecular weight is 325 g/mol. The van der Waals surface area contributed by atoms with Gasteiger partial charge >= 0.3 is 5.97 Å². The first-order valence-corrected chi connectivity index (χ1v) is 7.72. The van der Waals surface area contributed by atoms with Gasteiger partial charge in [0.2, 0.25) is 0 Å². The number of hydrogen-bond acceptors (Lipinski definition) is 4. The number of benzene rings is 1. The van der Waals surface area contributed by atoms with Crippen molar-refractivity contribution in [3.63, 3.8) is 0 Å². The lowest BCUT2D eigenvalue weighted by Gasteiger charge is -2.28. The Morgan fingerprint density at radius 1 is 1.48 bits per heavy atom. The second-order valence-electron chi connectivity index (χ2n) is 6.77. The third kappa shape index (κ3) is 3.64. The minimum Gasteiger partial charge on any atom is -0.493 e. The van der Waals surface area contributed by atoms with Crippen LogP contribution >= 0.6 is 0 Å². The summed E-state index contributed by atoms with van der Waals surface area (Å²) in [6.45, 7) is 6.39. The molecule has 1 saturated heterocycles. The Morgan fingerprint density at radius 2 is 2.13 bits per heavy atom. The van der Waals surface area contributed by atoms with Gasteiger partial charge in [0.15, 0.2) is 11.6 Å². The fourth-order valence-corrected chi connectivity index (χ4v) is 3.08. The second-order valence-corrected chi connectivity index (χ2v) is 6.77. The zero-order valence-corrected chi connectivity index (χ0v) is 14.0. The molecule has 1 aliphatic rings. The van der Waals surface area contributed by atoms with Crippen LogP contribution in [0, 0.1) is 11.7 Å². The predicted octanol–water partition coefficient (Wildman–Crippen LogP) is 2.53. The fraction of sp³-hybridized carbons (Fsp3) is 0.588. The van der Waals surface area contributed by atoms with Crippen LogP contribution in [0.4, 0.5) is 4.39 Å². The highest BCUT2D eigenvalue weighted by atomic mass is 19.1. The summed E-state index contributed by atoms with van der Waals surface area (Å²) in [5.74, 6) is -1.40. The van der Waals surface area contributed by atoms with Crippen LogP contribution in [0.1, 0.15) is 44.4 Å². The summed E-state index contributed by atoms with van der Waals surface area (Å²) in [6.07, 6.45) is 0.903. The highest BCUT2D eigenvalue weighted by Crippen LogP contribution is 2.37. The molecular formula is C17H24FNO4. The van der Waals surface area contributed by atoms with Gasteiger partial charge in [0.1, 0.15) is 6.04 Å². The molecule has 0 radical (unpaired) electrons. The molecule has 0 bridgehead atoms. The summed E-state index contributed by atoms with van der Waals surface area (Å²) in [5, 5.41) is 19.9. The number of halogens is 1. The number of nitrogens with zero attached hydrogens (tertiary/aromatic N) is 1. The Balaban J connectivity index is 2.57. The van der Waals surface area contributed by atoms with E-state index in [1.165, 1.54) is 33.1 Å². The number of aliphatic hydroxyl groups is 1. The highest BCUT2D eigenvalue weighted by molar-refractivity contribution is 5.77. The van der Waals surface area contributed by atoms with Gasteiger partial charge in [-0.1, -0.05) is 6.92 Å². The molecule has 1 heterocycles. The zero-order chi connectivity index (χ0) is 17.4. The summed E-state index contributed by atoms with van der Waals surface area (Å²) < 4.78 is 19.5. The first kappa shape index (κ1) is 17.7. The summed E-state index contributed by atoms with van der Waals surface area (Å²) >= 11 is 0. The Morgan fingerprint density at radius 3 is 2.57 bits per heavy atom. The molecule has 5 nitrogen and oxygen atoms in total. The van der Waals surface area contributed by atoms with Crippen molar-refractivity contribution in [2.24, 2.45) is 5.92 Å². The van der Waals surface area contributed by atoms with Gasteiger partial charge in [-0.25, -0.2) is 4.39 Å². The molecule has 0 saturated carbocycles. The van der Waals surface area contributed by atoms with E-state index in [1.54, 1.807) is 0 Å². The van der Waals surface area contributed by atoms with Crippen LogP contribution in [-0.4, -0.2) is 41.3 Å². The topological polar surface area (TPSA) is 70.0 Å². The third-order valence-electron chi connectivity index (χ3n) is 4.33. The molecule has 1 aromatic rings. The summed E-state index contributed by atoms with van der Waals surface area (Å²) in [6, 6.07) is 1.73.